The average molecular weight is 330 g/mol. The number of fused-ring (bicyclic) bond motifs is 1. The van der Waals surface area contributed by atoms with Gasteiger partial charge in [-0.1, -0.05) is 11.3 Å². The third-order valence-electron chi connectivity index (χ3n) is 4.08. The number of ether oxygens (including phenoxy) is 1. The summed E-state index contributed by atoms with van der Waals surface area (Å²) >= 11 is 0. The number of nitrogens with zero attached hydrogens (tertiary/aromatic N) is 6. The Morgan fingerprint density at radius 1 is 1.46 bits per heavy atom. The van der Waals surface area contributed by atoms with E-state index in [0.29, 0.717) is 26.3 Å². The molecule has 2 amide bonds. The minimum Gasteiger partial charge on any atom is -0.376 e. The molecule has 0 saturated carbocycles. The third-order valence-corrected chi connectivity index (χ3v) is 4.08. The van der Waals surface area contributed by atoms with Crippen molar-refractivity contribution >= 4 is 6.03 Å². The molecule has 24 heavy (non-hydrogen) atoms. The molecule has 8 nitrogen and oxygen atoms in total. The zero-order valence-corrected chi connectivity index (χ0v) is 14.2. The highest BCUT2D eigenvalue weighted by molar-refractivity contribution is 5.74. The molecule has 2 aromatic heterocycles. The molecule has 0 spiro atoms. The normalized spacial score (nSPS) is 16.8. The van der Waals surface area contributed by atoms with Crippen LogP contribution in [0.1, 0.15) is 22.9 Å². The van der Waals surface area contributed by atoms with Gasteiger partial charge in [0, 0.05) is 46.0 Å². The summed E-state index contributed by atoms with van der Waals surface area (Å²) in [7, 11) is 5.38. The Bertz CT molecular complexity index is 700. The third kappa shape index (κ3) is 3.38. The maximum atomic E-state index is 12.3. The SMILES string of the molecule is CN(C)C(=O)N1Cc2nnn(C)c2[C@H](COCc2cccnc2)C1. The largest absolute Gasteiger partial charge is 0.376 e. The standard InChI is InChI=1S/C16H22N6O2/c1-20(2)16(23)22-8-13(15-14(9-22)18-19-21(15)3)11-24-10-12-5-4-6-17-7-12/h4-7,13H,8-11H2,1-3H3/t13-/m0/s1. The molecule has 0 unspecified atom stereocenters. The Balaban J connectivity index is 1.70. The molecule has 0 N–H and O–H groups in total. The summed E-state index contributed by atoms with van der Waals surface area (Å²) in [4.78, 5) is 19.8. The molecule has 1 aliphatic rings. The van der Waals surface area contributed by atoms with Crippen molar-refractivity contribution in [1.82, 2.24) is 29.8 Å². The van der Waals surface area contributed by atoms with Gasteiger partial charge in [-0.05, 0) is 11.6 Å². The maximum Gasteiger partial charge on any atom is 0.319 e. The van der Waals surface area contributed by atoms with Crippen molar-refractivity contribution in [1.29, 1.82) is 0 Å². The van der Waals surface area contributed by atoms with Crippen LogP contribution in [-0.4, -0.2) is 63.1 Å². The Labute approximate surface area is 141 Å². The van der Waals surface area contributed by atoms with Crippen LogP contribution < -0.4 is 0 Å². The van der Waals surface area contributed by atoms with Gasteiger partial charge in [0.05, 0.1) is 25.5 Å². The summed E-state index contributed by atoms with van der Waals surface area (Å²) in [5, 5.41) is 8.30. The molecule has 3 rings (SSSR count). The number of pyridine rings is 1. The molecule has 1 atom stereocenters. The summed E-state index contributed by atoms with van der Waals surface area (Å²) in [6.07, 6.45) is 3.53. The second-order valence-corrected chi connectivity index (χ2v) is 6.18. The minimum absolute atomic E-state index is 0.0245. The number of aryl methyl sites for hydroxylation is 1. The van der Waals surface area contributed by atoms with E-state index in [0.717, 1.165) is 17.0 Å². The lowest BCUT2D eigenvalue weighted by molar-refractivity contribution is 0.0859. The Morgan fingerprint density at radius 2 is 2.29 bits per heavy atom. The molecule has 0 bridgehead atoms. The number of hydrogen-bond donors (Lipinski definition) is 0. The van der Waals surface area contributed by atoms with Gasteiger partial charge in [-0.15, -0.1) is 5.10 Å². The lowest BCUT2D eigenvalue weighted by Gasteiger charge is -2.33. The molecule has 0 aromatic carbocycles. The number of aromatic nitrogens is 4. The molecule has 128 valence electrons. The van der Waals surface area contributed by atoms with E-state index in [-0.39, 0.29) is 11.9 Å². The van der Waals surface area contributed by atoms with Crippen molar-refractivity contribution in [2.45, 2.75) is 19.1 Å². The van der Waals surface area contributed by atoms with E-state index in [9.17, 15) is 4.79 Å². The van der Waals surface area contributed by atoms with E-state index < -0.39 is 0 Å². The maximum absolute atomic E-state index is 12.3. The van der Waals surface area contributed by atoms with Crippen molar-refractivity contribution < 1.29 is 9.53 Å². The molecule has 0 aliphatic carbocycles. The van der Waals surface area contributed by atoms with E-state index in [2.05, 4.69) is 15.3 Å². The molecule has 2 aromatic rings. The average Bonchev–Trinajstić information content (AvgIpc) is 2.96. The number of rotatable bonds is 4. The van der Waals surface area contributed by atoms with Gasteiger partial charge in [0.2, 0.25) is 0 Å². The van der Waals surface area contributed by atoms with E-state index in [1.54, 1.807) is 41.0 Å². The van der Waals surface area contributed by atoms with Crippen molar-refractivity contribution in [3.63, 3.8) is 0 Å². The Hall–Kier alpha value is -2.48. The van der Waals surface area contributed by atoms with E-state index in [1.165, 1.54) is 0 Å². The Morgan fingerprint density at radius 3 is 3.00 bits per heavy atom. The number of hydrogen-bond acceptors (Lipinski definition) is 5. The first-order valence-electron chi connectivity index (χ1n) is 7.87. The van der Waals surface area contributed by atoms with Crippen LogP contribution in [0.2, 0.25) is 0 Å². The predicted octanol–water partition coefficient (Wildman–Crippen LogP) is 1.01. The van der Waals surface area contributed by atoms with Crippen LogP contribution in [0, 0.1) is 0 Å². The number of carbonyl (C=O) groups is 1. The van der Waals surface area contributed by atoms with Crippen molar-refractivity contribution in [2.24, 2.45) is 7.05 Å². The van der Waals surface area contributed by atoms with Crippen molar-refractivity contribution in [2.75, 3.05) is 27.2 Å². The molecule has 0 saturated heterocycles. The zero-order valence-electron chi connectivity index (χ0n) is 14.2. The van der Waals surface area contributed by atoms with Crippen LogP contribution in [0.15, 0.2) is 24.5 Å². The number of urea groups is 1. The fourth-order valence-corrected chi connectivity index (χ4v) is 2.98. The quantitative estimate of drug-likeness (QED) is 0.836. The number of carbonyl (C=O) groups excluding carboxylic acids is 1. The number of amides is 2. The minimum atomic E-state index is -0.0245. The zero-order chi connectivity index (χ0) is 17.1. The van der Waals surface area contributed by atoms with Gasteiger partial charge >= 0.3 is 6.03 Å². The summed E-state index contributed by atoms with van der Waals surface area (Å²) in [5.74, 6) is 0.0503. The first kappa shape index (κ1) is 16.4. The summed E-state index contributed by atoms with van der Waals surface area (Å²) < 4.78 is 7.65. The van der Waals surface area contributed by atoms with Crippen molar-refractivity contribution in [3.8, 4) is 0 Å². The highest BCUT2D eigenvalue weighted by atomic mass is 16.5. The topological polar surface area (TPSA) is 76.4 Å². The summed E-state index contributed by atoms with van der Waals surface area (Å²) in [6.45, 7) is 2.07. The fraction of sp³-hybridized carbons (Fsp3) is 0.500. The fourth-order valence-electron chi connectivity index (χ4n) is 2.98. The molecule has 3 heterocycles. The van der Waals surface area contributed by atoms with Gasteiger partial charge < -0.3 is 14.5 Å². The smallest absolute Gasteiger partial charge is 0.319 e. The Kier molecular flexibility index (Phi) is 4.75. The van der Waals surface area contributed by atoms with E-state index in [4.69, 9.17) is 4.74 Å². The van der Waals surface area contributed by atoms with Gasteiger partial charge in [0.1, 0.15) is 5.69 Å². The molecule has 0 fully saturated rings. The lowest BCUT2D eigenvalue weighted by Crippen LogP contribution is -2.44. The van der Waals surface area contributed by atoms with Gasteiger partial charge in [0.15, 0.2) is 0 Å². The summed E-state index contributed by atoms with van der Waals surface area (Å²) in [6, 6.07) is 3.84. The van der Waals surface area contributed by atoms with E-state index in [1.807, 2.05) is 19.2 Å². The van der Waals surface area contributed by atoms with Crippen LogP contribution in [-0.2, 0) is 24.9 Å². The predicted molar refractivity (Wildman–Crippen MR) is 87.1 cm³/mol. The van der Waals surface area contributed by atoms with Gasteiger partial charge in [-0.25, -0.2) is 4.79 Å². The van der Waals surface area contributed by atoms with Crippen LogP contribution >= 0.6 is 0 Å². The van der Waals surface area contributed by atoms with Gasteiger partial charge in [0.25, 0.3) is 0 Å². The molecule has 1 aliphatic heterocycles. The van der Waals surface area contributed by atoms with Crippen LogP contribution in [0.4, 0.5) is 4.79 Å². The van der Waals surface area contributed by atoms with Crippen molar-refractivity contribution in [3.05, 3.63) is 41.5 Å². The van der Waals surface area contributed by atoms with Crippen LogP contribution in [0.3, 0.4) is 0 Å². The molecule has 0 radical (unpaired) electrons. The second kappa shape index (κ2) is 6.96. The molecule has 8 heteroatoms. The van der Waals surface area contributed by atoms with Gasteiger partial charge in [-0.2, -0.15) is 0 Å². The second-order valence-electron chi connectivity index (χ2n) is 6.18. The highest BCUT2D eigenvalue weighted by Gasteiger charge is 2.33. The highest BCUT2D eigenvalue weighted by Crippen LogP contribution is 2.27. The van der Waals surface area contributed by atoms with E-state index >= 15 is 0 Å². The molecular weight excluding hydrogens is 308 g/mol. The first-order chi connectivity index (χ1) is 11.6. The van der Waals surface area contributed by atoms with Gasteiger partial charge in [-0.3, -0.25) is 9.67 Å². The molecular formula is C16H22N6O2. The van der Waals surface area contributed by atoms with Crippen LogP contribution in [0.25, 0.3) is 0 Å². The first-order valence-corrected chi connectivity index (χ1v) is 7.87. The monoisotopic (exact) mass is 330 g/mol. The lowest BCUT2D eigenvalue weighted by atomic mass is 9.99. The van der Waals surface area contributed by atoms with Crippen LogP contribution in [0.5, 0.6) is 0 Å². The summed E-state index contributed by atoms with van der Waals surface area (Å²) in [5.41, 5.74) is 2.91.